The Morgan fingerprint density at radius 2 is 1.96 bits per heavy atom. The first-order chi connectivity index (χ1) is 10.7. The van der Waals surface area contributed by atoms with E-state index < -0.39 is 0 Å². The lowest BCUT2D eigenvalue weighted by atomic mass is 9.89. The first-order valence-corrected chi connectivity index (χ1v) is 8.57. The average Bonchev–Trinajstić information content (AvgIpc) is 3.14. The van der Waals surface area contributed by atoms with E-state index in [0.717, 1.165) is 18.0 Å². The van der Waals surface area contributed by atoms with Crippen molar-refractivity contribution in [2.24, 2.45) is 11.7 Å². The molecule has 3 nitrogen and oxygen atoms in total. The molecule has 124 valence electrons. The van der Waals surface area contributed by atoms with Crippen LogP contribution in [-0.2, 0) is 11.2 Å². The zero-order chi connectivity index (χ0) is 15.5. The fourth-order valence-electron chi connectivity index (χ4n) is 3.23. The van der Waals surface area contributed by atoms with Gasteiger partial charge in [-0.05, 0) is 37.1 Å². The molecule has 2 N–H and O–H groups in total. The van der Waals surface area contributed by atoms with E-state index in [-0.39, 0.29) is 18.3 Å². The van der Waals surface area contributed by atoms with Gasteiger partial charge >= 0.3 is 0 Å². The van der Waals surface area contributed by atoms with E-state index in [0.29, 0.717) is 24.8 Å². The molecule has 0 bridgehead atoms. The Bertz CT molecular complexity index is 643. The zero-order valence-electron chi connectivity index (χ0n) is 13.3. The molecule has 2 aromatic rings. The summed E-state index contributed by atoms with van der Waals surface area (Å²) in [6, 6.07) is 14.6. The number of aryl methyl sites for hydroxylation is 1. The van der Waals surface area contributed by atoms with Crippen molar-refractivity contribution in [1.82, 2.24) is 4.90 Å². The molecule has 23 heavy (non-hydrogen) atoms. The van der Waals surface area contributed by atoms with Crippen LogP contribution in [0, 0.1) is 12.8 Å². The highest BCUT2D eigenvalue weighted by Gasteiger charge is 2.35. The van der Waals surface area contributed by atoms with Gasteiger partial charge in [-0.1, -0.05) is 30.3 Å². The summed E-state index contributed by atoms with van der Waals surface area (Å²) in [6.07, 6.45) is 0.511. The van der Waals surface area contributed by atoms with Crippen LogP contribution in [0.1, 0.15) is 21.2 Å². The number of nitrogens with two attached hydrogens (primary N) is 1. The molecular weight excluding hydrogens is 328 g/mol. The fourth-order valence-corrected chi connectivity index (χ4v) is 4.11. The van der Waals surface area contributed by atoms with Gasteiger partial charge in [-0.2, -0.15) is 0 Å². The number of hydrogen-bond acceptors (Lipinski definition) is 3. The van der Waals surface area contributed by atoms with Crippen LogP contribution in [0.15, 0.2) is 42.5 Å². The summed E-state index contributed by atoms with van der Waals surface area (Å²) >= 11 is 1.71. The SMILES string of the molecule is Cc1ccc(CC(=O)N2C[C@@H](CN)[C@H](c3ccccc3)C2)s1.Cl. The van der Waals surface area contributed by atoms with Crippen LogP contribution >= 0.6 is 23.7 Å². The Hall–Kier alpha value is -1.36. The standard InChI is InChI=1S/C18H22N2OS.ClH/c1-13-7-8-16(22-13)9-18(21)20-11-15(10-19)17(12-20)14-5-3-2-4-6-14;/h2-8,15,17H,9-12,19H2,1H3;1H/t15-,17+;/m1./s1. The van der Waals surface area contributed by atoms with E-state index >= 15 is 0 Å². The highest BCUT2D eigenvalue weighted by molar-refractivity contribution is 7.12. The number of rotatable bonds is 4. The molecule has 2 atom stereocenters. The van der Waals surface area contributed by atoms with Crippen LogP contribution in [0.3, 0.4) is 0 Å². The van der Waals surface area contributed by atoms with E-state index in [2.05, 4.69) is 43.3 Å². The second kappa shape index (κ2) is 7.95. The number of halogens is 1. The number of hydrogen-bond donors (Lipinski definition) is 1. The molecule has 1 aromatic heterocycles. The van der Waals surface area contributed by atoms with Crippen LogP contribution in [0.4, 0.5) is 0 Å². The minimum absolute atomic E-state index is 0. The third kappa shape index (κ3) is 4.14. The van der Waals surface area contributed by atoms with Crippen LogP contribution < -0.4 is 5.73 Å². The van der Waals surface area contributed by atoms with E-state index in [9.17, 15) is 4.79 Å². The lowest BCUT2D eigenvalue weighted by Gasteiger charge is -2.16. The molecule has 1 amide bonds. The second-order valence-electron chi connectivity index (χ2n) is 6.00. The first-order valence-electron chi connectivity index (χ1n) is 7.75. The van der Waals surface area contributed by atoms with Gasteiger partial charge < -0.3 is 10.6 Å². The summed E-state index contributed by atoms with van der Waals surface area (Å²) in [6.45, 7) is 4.26. The van der Waals surface area contributed by atoms with Crippen molar-refractivity contribution in [2.45, 2.75) is 19.3 Å². The topological polar surface area (TPSA) is 46.3 Å². The smallest absolute Gasteiger partial charge is 0.227 e. The molecule has 5 heteroatoms. The Kier molecular flexibility index (Phi) is 6.22. The number of carbonyl (C=O) groups excluding carboxylic acids is 1. The second-order valence-corrected chi connectivity index (χ2v) is 7.37. The Labute approximate surface area is 147 Å². The third-order valence-electron chi connectivity index (χ3n) is 4.45. The lowest BCUT2D eigenvalue weighted by Crippen LogP contribution is -2.30. The third-order valence-corrected chi connectivity index (χ3v) is 5.45. The molecule has 1 aliphatic rings. The highest BCUT2D eigenvalue weighted by Crippen LogP contribution is 2.32. The molecule has 1 saturated heterocycles. The van der Waals surface area contributed by atoms with Gasteiger partial charge in [0.1, 0.15) is 0 Å². The number of likely N-dealkylation sites (tertiary alicyclic amines) is 1. The van der Waals surface area contributed by atoms with Crippen LogP contribution in [-0.4, -0.2) is 30.4 Å². The lowest BCUT2D eigenvalue weighted by molar-refractivity contribution is -0.129. The Morgan fingerprint density at radius 3 is 2.57 bits per heavy atom. The van der Waals surface area contributed by atoms with Crippen molar-refractivity contribution in [3.8, 4) is 0 Å². The number of thiophene rings is 1. The summed E-state index contributed by atoms with van der Waals surface area (Å²) in [7, 11) is 0. The summed E-state index contributed by atoms with van der Waals surface area (Å²) < 4.78 is 0. The molecule has 0 radical (unpaired) electrons. The Morgan fingerprint density at radius 1 is 1.22 bits per heavy atom. The monoisotopic (exact) mass is 350 g/mol. The molecule has 1 fully saturated rings. The van der Waals surface area contributed by atoms with Crippen molar-refractivity contribution in [2.75, 3.05) is 19.6 Å². The van der Waals surface area contributed by atoms with Crippen LogP contribution in [0.5, 0.6) is 0 Å². The van der Waals surface area contributed by atoms with E-state index in [1.54, 1.807) is 11.3 Å². The maximum Gasteiger partial charge on any atom is 0.227 e. The first kappa shape index (κ1) is 18.0. The molecule has 0 aliphatic carbocycles. The predicted molar refractivity (Wildman–Crippen MR) is 98.3 cm³/mol. The minimum Gasteiger partial charge on any atom is -0.341 e. The quantitative estimate of drug-likeness (QED) is 0.920. The number of amides is 1. The molecule has 0 spiro atoms. The van der Waals surface area contributed by atoms with Gasteiger partial charge in [-0.3, -0.25) is 4.79 Å². The number of nitrogens with zero attached hydrogens (tertiary/aromatic N) is 1. The van der Waals surface area contributed by atoms with Gasteiger partial charge in [0.2, 0.25) is 5.91 Å². The minimum atomic E-state index is 0. The molecule has 1 aliphatic heterocycles. The van der Waals surface area contributed by atoms with Gasteiger partial charge in [0, 0.05) is 28.8 Å². The van der Waals surface area contributed by atoms with Crippen molar-refractivity contribution < 1.29 is 4.79 Å². The molecule has 1 aromatic carbocycles. The molecule has 2 heterocycles. The zero-order valence-corrected chi connectivity index (χ0v) is 14.9. The number of carbonyl (C=O) groups is 1. The van der Waals surface area contributed by atoms with Gasteiger partial charge in [-0.15, -0.1) is 23.7 Å². The van der Waals surface area contributed by atoms with E-state index in [1.165, 1.54) is 10.4 Å². The fraction of sp³-hybridized carbons (Fsp3) is 0.389. The van der Waals surface area contributed by atoms with Crippen molar-refractivity contribution in [3.63, 3.8) is 0 Å². The normalized spacial score (nSPS) is 20.3. The van der Waals surface area contributed by atoms with E-state index in [1.807, 2.05) is 11.0 Å². The van der Waals surface area contributed by atoms with Crippen molar-refractivity contribution >= 4 is 29.7 Å². The largest absolute Gasteiger partial charge is 0.341 e. The van der Waals surface area contributed by atoms with Gasteiger partial charge in [0.05, 0.1) is 6.42 Å². The van der Waals surface area contributed by atoms with E-state index in [4.69, 9.17) is 5.73 Å². The van der Waals surface area contributed by atoms with Crippen molar-refractivity contribution in [1.29, 1.82) is 0 Å². The maximum atomic E-state index is 12.6. The molecule has 0 unspecified atom stereocenters. The number of benzene rings is 1. The van der Waals surface area contributed by atoms with Gasteiger partial charge in [-0.25, -0.2) is 0 Å². The summed E-state index contributed by atoms with van der Waals surface area (Å²) in [5.74, 6) is 0.940. The van der Waals surface area contributed by atoms with Crippen LogP contribution in [0.25, 0.3) is 0 Å². The van der Waals surface area contributed by atoms with Gasteiger partial charge in [0.25, 0.3) is 0 Å². The average molecular weight is 351 g/mol. The maximum absolute atomic E-state index is 12.6. The molecule has 3 rings (SSSR count). The Balaban J connectivity index is 0.00000192. The summed E-state index contributed by atoms with van der Waals surface area (Å²) in [4.78, 5) is 16.9. The summed E-state index contributed by atoms with van der Waals surface area (Å²) in [5.41, 5.74) is 7.24. The predicted octanol–water partition coefficient (Wildman–Crippen LogP) is 3.22. The molecule has 0 saturated carbocycles. The van der Waals surface area contributed by atoms with Gasteiger partial charge in [0.15, 0.2) is 0 Å². The summed E-state index contributed by atoms with van der Waals surface area (Å²) in [5, 5.41) is 0. The van der Waals surface area contributed by atoms with Crippen LogP contribution in [0.2, 0.25) is 0 Å². The van der Waals surface area contributed by atoms with Crippen molar-refractivity contribution in [3.05, 3.63) is 57.8 Å². The molecular formula is C18H23ClN2OS. The highest BCUT2D eigenvalue weighted by atomic mass is 35.5.